The van der Waals surface area contributed by atoms with Gasteiger partial charge in [-0.05, 0) is 58.5 Å². The molecule has 1 aliphatic rings. The van der Waals surface area contributed by atoms with E-state index in [0.717, 1.165) is 50.7 Å². The highest BCUT2D eigenvalue weighted by Crippen LogP contribution is 2.47. The SMILES string of the molecule is c1ccc(-c2ccccc2-c2ccc(-c3ccc4c(c3)-c3cccc5cccc(c35)O4)o2)cc1. The van der Waals surface area contributed by atoms with Crippen molar-refractivity contribution in [2.75, 3.05) is 0 Å². The zero-order valence-corrected chi connectivity index (χ0v) is 18.4. The first-order valence-electron chi connectivity index (χ1n) is 11.4. The standard InChI is InChI=1S/C32H20O2/c1-2-8-21(9-3-1)24-12-4-5-13-25(24)29-19-18-28(33-29)23-16-17-30-27(20-23)26-14-6-10-22-11-7-15-31(34-30)32(22)26/h1-20H. The average Bonchev–Trinajstić information content (AvgIpc) is 3.40. The van der Waals surface area contributed by atoms with Gasteiger partial charge in [0.2, 0.25) is 0 Å². The molecule has 0 N–H and O–H groups in total. The van der Waals surface area contributed by atoms with Crippen LogP contribution in [0, 0.1) is 0 Å². The van der Waals surface area contributed by atoms with Gasteiger partial charge in [-0.1, -0.05) is 84.9 Å². The van der Waals surface area contributed by atoms with Gasteiger partial charge in [-0.25, -0.2) is 0 Å². The second-order valence-electron chi connectivity index (χ2n) is 8.55. The third-order valence-electron chi connectivity index (χ3n) is 6.52. The van der Waals surface area contributed by atoms with Gasteiger partial charge in [0, 0.05) is 22.1 Å². The Balaban J connectivity index is 1.33. The second-order valence-corrected chi connectivity index (χ2v) is 8.55. The molecule has 0 radical (unpaired) electrons. The number of furan rings is 1. The molecular weight excluding hydrogens is 416 g/mol. The van der Waals surface area contributed by atoms with Crippen LogP contribution in [-0.2, 0) is 0 Å². The van der Waals surface area contributed by atoms with Crippen molar-refractivity contribution in [3.05, 3.63) is 121 Å². The van der Waals surface area contributed by atoms with Crippen molar-refractivity contribution in [1.29, 1.82) is 0 Å². The normalized spacial score (nSPS) is 11.8. The van der Waals surface area contributed by atoms with E-state index in [2.05, 4.69) is 97.1 Å². The molecule has 6 aromatic rings. The quantitative estimate of drug-likeness (QED) is 0.275. The van der Waals surface area contributed by atoms with Crippen molar-refractivity contribution in [1.82, 2.24) is 0 Å². The number of hydrogen-bond acceptors (Lipinski definition) is 2. The topological polar surface area (TPSA) is 22.4 Å². The van der Waals surface area contributed by atoms with Gasteiger partial charge in [-0.2, -0.15) is 0 Å². The third-order valence-corrected chi connectivity index (χ3v) is 6.52. The minimum absolute atomic E-state index is 0.840. The van der Waals surface area contributed by atoms with Crippen LogP contribution >= 0.6 is 0 Å². The van der Waals surface area contributed by atoms with E-state index < -0.39 is 0 Å². The predicted molar refractivity (Wildman–Crippen MR) is 138 cm³/mol. The van der Waals surface area contributed by atoms with E-state index >= 15 is 0 Å². The molecule has 1 aromatic heterocycles. The van der Waals surface area contributed by atoms with Crippen molar-refractivity contribution in [2.24, 2.45) is 0 Å². The van der Waals surface area contributed by atoms with E-state index in [4.69, 9.17) is 9.15 Å². The maximum absolute atomic E-state index is 6.41. The number of rotatable bonds is 3. The highest BCUT2D eigenvalue weighted by atomic mass is 16.5. The molecule has 1 aliphatic heterocycles. The fraction of sp³-hybridized carbons (Fsp3) is 0. The lowest BCUT2D eigenvalue weighted by Crippen LogP contribution is -1.97. The van der Waals surface area contributed by atoms with Gasteiger partial charge in [0.25, 0.3) is 0 Å². The van der Waals surface area contributed by atoms with Crippen LogP contribution in [0.4, 0.5) is 0 Å². The first-order valence-corrected chi connectivity index (χ1v) is 11.4. The summed E-state index contributed by atoms with van der Waals surface area (Å²) in [6.45, 7) is 0. The molecule has 0 bridgehead atoms. The monoisotopic (exact) mass is 436 g/mol. The van der Waals surface area contributed by atoms with Gasteiger partial charge >= 0.3 is 0 Å². The lowest BCUT2D eigenvalue weighted by atomic mass is 9.93. The van der Waals surface area contributed by atoms with Crippen molar-refractivity contribution in [3.63, 3.8) is 0 Å². The van der Waals surface area contributed by atoms with Crippen LogP contribution in [0.1, 0.15) is 0 Å². The Labute approximate surface area is 197 Å². The molecule has 0 aliphatic carbocycles. The summed E-state index contributed by atoms with van der Waals surface area (Å²) in [5, 5.41) is 2.34. The van der Waals surface area contributed by atoms with Crippen LogP contribution in [-0.4, -0.2) is 0 Å². The summed E-state index contributed by atoms with van der Waals surface area (Å²) in [7, 11) is 0. The molecule has 5 aromatic carbocycles. The predicted octanol–water partition coefficient (Wildman–Crippen LogP) is 9.21. The molecule has 0 spiro atoms. The molecule has 7 rings (SSSR count). The summed E-state index contributed by atoms with van der Waals surface area (Å²) in [4.78, 5) is 0. The number of fused-ring (bicyclic) bond motifs is 2. The zero-order chi connectivity index (χ0) is 22.5. The highest BCUT2D eigenvalue weighted by Gasteiger charge is 2.21. The lowest BCUT2D eigenvalue weighted by molar-refractivity contribution is 0.487. The largest absolute Gasteiger partial charge is 0.456 e. The Hall–Kier alpha value is -4.56. The minimum atomic E-state index is 0.840. The van der Waals surface area contributed by atoms with Crippen molar-refractivity contribution in [2.45, 2.75) is 0 Å². The van der Waals surface area contributed by atoms with Gasteiger partial charge in [-0.3, -0.25) is 0 Å². The van der Waals surface area contributed by atoms with E-state index in [9.17, 15) is 0 Å². The first-order chi connectivity index (χ1) is 16.8. The van der Waals surface area contributed by atoms with E-state index in [1.54, 1.807) is 0 Å². The Kier molecular flexibility index (Phi) is 4.18. The van der Waals surface area contributed by atoms with Gasteiger partial charge in [-0.15, -0.1) is 0 Å². The van der Waals surface area contributed by atoms with Crippen LogP contribution in [0.5, 0.6) is 11.5 Å². The summed E-state index contributed by atoms with van der Waals surface area (Å²) < 4.78 is 12.7. The van der Waals surface area contributed by atoms with E-state index in [0.29, 0.717) is 0 Å². The summed E-state index contributed by atoms with van der Waals surface area (Å²) in [6, 6.07) is 41.8. The molecule has 0 fully saturated rings. The molecular formula is C32H20O2. The Morgan fingerprint density at radius 2 is 1.15 bits per heavy atom. The van der Waals surface area contributed by atoms with Crippen LogP contribution < -0.4 is 4.74 Å². The molecule has 0 unspecified atom stereocenters. The summed E-state index contributed by atoms with van der Waals surface area (Å²) in [6.07, 6.45) is 0. The van der Waals surface area contributed by atoms with Crippen molar-refractivity contribution < 1.29 is 9.15 Å². The summed E-state index contributed by atoms with van der Waals surface area (Å²) in [5.41, 5.74) is 6.73. The second kappa shape index (κ2) is 7.50. The van der Waals surface area contributed by atoms with Crippen molar-refractivity contribution >= 4 is 10.8 Å². The molecule has 0 atom stereocenters. The van der Waals surface area contributed by atoms with Crippen LogP contribution in [0.2, 0.25) is 0 Å². The van der Waals surface area contributed by atoms with Gasteiger partial charge in [0.15, 0.2) is 0 Å². The average molecular weight is 437 g/mol. The Morgan fingerprint density at radius 1 is 0.412 bits per heavy atom. The van der Waals surface area contributed by atoms with Crippen LogP contribution in [0.25, 0.3) is 55.7 Å². The third kappa shape index (κ3) is 2.96. The van der Waals surface area contributed by atoms with Gasteiger partial charge in [0.1, 0.15) is 23.0 Å². The molecule has 34 heavy (non-hydrogen) atoms. The summed E-state index contributed by atoms with van der Waals surface area (Å²) in [5.74, 6) is 3.48. The van der Waals surface area contributed by atoms with Crippen LogP contribution in [0.3, 0.4) is 0 Å². The molecule has 0 amide bonds. The van der Waals surface area contributed by atoms with Crippen LogP contribution in [0.15, 0.2) is 126 Å². The fourth-order valence-electron chi connectivity index (χ4n) is 4.92. The lowest BCUT2D eigenvalue weighted by Gasteiger charge is -2.21. The minimum Gasteiger partial charge on any atom is -0.456 e. The van der Waals surface area contributed by atoms with Crippen molar-refractivity contribution in [3.8, 4) is 56.4 Å². The number of benzene rings is 5. The fourth-order valence-corrected chi connectivity index (χ4v) is 4.92. The van der Waals surface area contributed by atoms with E-state index in [1.165, 1.54) is 16.5 Å². The Morgan fingerprint density at radius 3 is 2.03 bits per heavy atom. The van der Waals surface area contributed by atoms with E-state index in [-0.39, 0.29) is 0 Å². The Bertz CT molecular complexity index is 1670. The van der Waals surface area contributed by atoms with Gasteiger partial charge < -0.3 is 9.15 Å². The highest BCUT2D eigenvalue weighted by molar-refractivity contribution is 6.04. The zero-order valence-electron chi connectivity index (χ0n) is 18.4. The maximum atomic E-state index is 6.41. The van der Waals surface area contributed by atoms with E-state index in [1.807, 2.05) is 24.3 Å². The molecule has 160 valence electrons. The van der Waals surface area contributed by atoms with Gasteiger partial charge in [0.05, 0.1) is 0 Å². The molecule has 2 nitrogen and oxygen atoms in total. The molecule has 0 saturated heterocycles. The summed E-state index contributed by atoms with van der Waals surface area (Å²) >= 11 is 0. The maximum Gasteiger partial charge on any atom is 0.135 e. The first kappa shape index (κ1) is 19.0. The molecule has 0 saturated carbocycles. The number of hydrogen-bond donors (Lipinski definition) is 0. The smallest absolute Gasteiger partial charge is 0.135 e. The molecule has 2 heteroatoms. The molecule has 2 heterocycles. The number of ether oxygens (including phenoxy) is 1.